The summed E-state index contributed by atoms with van der Waals surface area (Å²) in [4.78, 5) is 11.5. The maximum atomic E-state index is 11.5. The van der Waals surface area contributed by atoms with Gasteiger partial charge in [-0.25, -0.2) is 0 Å². The smallest absolute Gasteiger partial charge is 0.322 e. The van der Waals surface area contributed by atoms with E-state index in [1.54, 1.807) is 19.9 Å². The zero-order valence-electron chi connectivity index (χ0n) is 12.1. The molecule has 0 bridgehead atoms. The van der Waals surface area contributed by atoms with Crippen LogP contribution in [0.2, 0.25) is 0 Å². The van der Waals surface area contributed by atoms with Crippen LogP contribution < -0.4 is 5.73 Å². The van der Waals surface area contributed by atoms with Crippen molar-refractivity contribution in [2.45, 2.75) is 45.1 Å². The van der Waals surface area contributed by atoms with Gasteiger partial charge >= 0.3 is 5.97 Å². The molecule has 0 amide bonds. The Kier molecular flexibility index (Phi) is 6.98. The first-order valence-electron chi connectivity index (χ1n) is 6.77. The van der Waals surface area contributed by atoms with Crippen LogP contribution in [0.15, 0.2) is 43.0 Å². The van der Waals surface area contributed by atoms with Crippen LogP contribution in [0.1, 0.15) is 25.8 Å². The van der Waals surface area contributed by atoms with Crippen LogP contribution in [-0.2, 0) is 20.9 Å². The van der Waals surface area contributed by atoms with Crippen molar-refractivity contribution in [1.29, 1.82) is 0 Å². The maximum absolute atomic E-state index is 11.5. The summed E-state index contributed by atoms with van der Waals surface area (Å²) in [5.41, 5.74) is 6.56. The molecule has 0 spiro atoms. The van der Waals surface area contributed by atoms with E-state index in [9.17, 15) is 4.79 Å². The van der Waals surface area contributed by atoms with Crippen molar-refractivity contribution >= 4 is 5.97 Å². The van der Waals surface area contributed by atoms with Crippen LogP contribution in [0.3, 0.4) is 0 Å². The lowest BCUT2D eigenvalue weighted by Gasteiger charge is -2.24. The second-order valence-electron chi connectivity index (χ2n) is 4.79. The van der Waals surface area contributed by atoms with Gasteiger partial charge in [-0.1, -0.05) is 36.4 Å². The van der Waals surface area contributed by atoms with Crippen LogP contribution in [0.5, 0.6) is 0 Å². The summed E-state index contributed by atoms with van der Waals surface area (Å²) < 4.78 is 11.1. The highest BCUT2D eigenvalue weighted by molar-refractivity contribution is 5.75. The molecule has 2 N–H and O–H groups in total. The van der Waals surface area contributed by atoms with Gasteiger partial charge in [0.05, 0.1) is 12.7 Å². The Hall–Kier alpha value is -1.65. The second kappa shape index (κ2) is 8.51. The minimum Gasteiger partial charge on any atom is -0.459 e. The number of hydrogen-bond acceptors (Lipinski definition) is 4. The standard InChI is InChI=1S/C16H23NO3/c1-4-8-15(13(3)20-16(18)12(2)17)19-11-14-9-6-5-7-10-14/h4-7,9-10,12-13,15H,1,8,11,17H2,2-3H3/t12-,13-,15?/m0/s1. The van der Waals surface area contributed by atoms with E-state index in [1.165, 1.54) is 0 Å². The first-order valence-corrected chi connectivity index (χ1v) is 6.77. The van der Waals surface area contributed by atoms with E-state index in [-0.39, 0.29) is 12.2 Å². The molecular formula is C16H23NO3. The summed E-state index contributed by atoms with van der Waals surface area (Å²) >= 11 is 0. The number of ether oxygens (including phenoxy) is 2. The van der Waals surface area contributed by atoms with Crippen molar-refractivity contribution in [2.24, 2.45) is 5.73 Å². The Bertz CT molecular complexity index is 417. The average Bonchev–Trinajstić information content (AvgIpc) is 2.44. The molecule has 0 saturated heterocycles. The molecule has 0 aliphatic carbocycles. The van der Waals surface area contributed by atoms with Crippen LogP contribution in [0, 0.1) is 0 Å². The molecule has 0 aliphatic heterocycles. The first-order chi connectivity index (χ1) is 9.54. The fourth-order valence-corrected chi connectivity index (χ4v) is 1.70. The zero-order valence-corrected chi connectivity index (χ0v) is 12.1. The number of rotatable bonds is 8. The molecule has 0 aromatic heterocycles. The molecule has 0 heterocycles. The van der Waals surface area contributed by atoms with Crippen LogP contribution >= 0.6 is 0 Å². The summed E-state index contributed by atoms with van der Waals surface area (Å²) in [6.45, 7) is 7.58. The third kappa shape index (κ3) is 5.55. The first kappa shape index (κ1) is 16.4. The SMILES string of the molecule is C=CCC(OCc1ccccc1)[C@H](C)OC(=O)[C@H](C)N. The normalized spacial score (nSPS) is 15.2. The van der Waals surface area contributed by atoms with Crippen molar-refractivity contribution in [3.05, 3.63) is 48.6 Å². The molecule has 1 unspecified atom stereocenters. The highest BCUT2D eigenvalue weighted by atomic mass is 16.6. The molecule has 1 aromatic rings. The fourth-order valence-electron chi connectivity index (χ4n) is 1.70. The number of nitrogens with two attached hydrogens (primary N) is 1. The molecule has 0 saturated carbocycles. The lowest BCUT2D eigenvalue weighted by molar-refractivity contribution is -0.157. The fraction of sp³-hybridized carbons (Fsp3) is 0.438. The molecule has 4 nitrogen and oxygen atoms in total. The van der Waals surface area contributed by atoms with Gasteiger partial charge in [0.25, 0.3) is 0 Å². The molecule has 3 atom stereocenters. The molecule has 1 rings (SSSR count). The Morgan fingerprint density at radius 1 is 1.35 bits per heavy atom. The van der Waals surface area contributed by atoms with Gasteiger partial charge < -0.3 is 15.2 Å². The minimum absolute atomic E-state index is 0.226. The predicted molar refractivity (Wildman–Crippen MR) is 79.0 cm³/mol. The van der Waals surface area contributed by atoms with E-state index in [0.717, 1.165) is 5.56 Å². The van der Waals surface area contributed by atoms with E-state index < -0.39 is 12.0 Å². The van der Waals surface area contributed by atoms with Gasteiger partial charge in [0.1, 0.15) is 12.1 Å². The molecular weight excluding hydrogens is 254 g/mol. The number of carbonyl (C=O) groups excluding carboxylic acids is 1. The molecule has 20 heavy (non-hydrogen) atoms. The van der Waals surface area contributed by atoms with Crippen molar-refractivity contribution in [3.8, 4) is 0 Å². The molecule has 4 heteroatoms. The van der Waals surface area contributed by atoms with E-state index in [2.05, 4.69) is 6.58 Å². The molecule has 0 fully saturated rings. The van der Waals surface area contributed by atoms with Gasteiger partial charge in [0.2, 0.25) is 0 Å². The monoisotopic (exact) mass is 277 g/mol. The Balaban J connectivity index is 2.54. The number of carbonyl (C=O) groups is 1. The molecule has 1 aromatic carbocycles. The molecule has 0 aliphatic rings. The zero-order chi connectivity index (χ0) is 15.0. The summed E-state index contributed by atoms with van der Waals surface area (Å²) in [5.74, 6) is -0.421. The van der Waals surface area contributed by atoms with Crippen molar-refractivity contribution < 1.29 is 14.3 Å². The van der Waals surface area contributed by atoms with Gasteiger partial charge in [0, 0.05) is 0 Å². The summed E-state index contributed by atoms with van der Waals surface area (Å²) in [6, 6.07) is 9.22. The Morgan fingerprint density at radius 2 is 2.00 bits per heavy atom. The van der Waals surface area contributed by atoms with Gasteiger partial charge in [-0.3, -0.25) is 4.79 Å². The van der Waals surface area contributed by atoms with Gasteiger partial charge in [-0.15, -0.1) is 6.58 Å². The lowest BCUT2D eigenvalue weighted by atomic mass is 10.1. The Morgan fingerprint density at radius 3 is 2.55 bits per heavy atom. The van der Waals surface area contributed by atoms with Gasteiger partial charge in [-0.05, 0) is 25.8 Å². The highest BCUT2D eigenvalue weighted by Crippen LogP contribution is 2.13. The topological polar surface area (TPSA) is 61.5 Å². The van der Waals surface area contributed by atoms with E-state index in [4.69, 9.17) is 15.2 Å². The number of esters is 1. The summed E-state index contributed by atoms with van der Waals surface area (Å²) in [7, 11) is 0. The summed E-state index contributed by atoms with van der Waals surface area (Å²) in [5, 5.41) is 0. The third-order valence-electron chi connectivity index (χ3n) is 2.90. The average molecular weight is 277 g/mol. The van der Waals surface area contributed by atoms with Crippen LogP contribution in [-0.4, -0.2) is 24.2 Å². The van der Waals surface area contributed by atoms with Crippen LogP contribution in [0.25, 0.3) is 0 Å². The highest BCUT2D eigenvalue weighted by Gasteiger charge is 2.22. The van der Waals surface area contributed by atoms with E-state index >= 15 is 0 Å². The minimum atomic E-state index is -0.629. The number of hydrogen-bond donors (Lipinski definition) is 1. The van der Waals surface area contributed by atoms with Crippen molar-refractivity contribution in [2.75, 3.05) is 0 Å². The predicted octanol–water partition coefficient (Wildman–Crippen LogP) is 2.43. The Labute approximate surface area is 120 Å². The van der Waals surface area contributed by atoms with E-state index in [0.29, 0.717) is 13.0 Å². The maximum Gasteiger partial charge on any atom is 0.322 e. The van der Waals surface area contributed by atoms with Gasteiger partial charge in [0.15, 0.2) is 0 Å². The lowest BCUT2D eigenvalue weighted by Crippen LogP contribution is -2.37. The van der Waals surface area contributed by atoms with E-state index in [1.807, 2.05) is 30.3 Å². The third-order valence-corrected chi connectivity index (χ3v) is 2.90. The number of benzene rings is 1. The molecule has 110 valence electrons. The quantitative estimate of drug-likeness (QED) is 0.585. The summed E-state index contributed by atoms with van der Waals surface area (Å²) in [6.07, 6.45) is 1.78. The second-order valence-corrected chi connectivity index (χ2v) is 4.79. The van der Waals surface area contributed by atoms with Crippen LogP contribution in [0.4, 0.5) is 0 Å². The van der Waals surface area contributed by atoms with Gasteiger partial charge in [-0.2, -0.15) is 0 Å². The molecule has 0 radical (unpaired) electrons. The largest absolute Gasteiger partial charge is 0.459 e. The van der Waals surface area contributed by atoms with Crippen molar-refractivity contribution in [1.82, 2.24) is 0 Å². The van der Waals surface area contributed by atoms with Crippen molar-refractivity contribution in [3.63, 3.8) is 0 Å².